The smallest absolute Gasteiger partial charge is 0.213 e. The minimum absolute atomic E-state index is 0.167. The first-order chi connectivity index (χ1) is 3.85. The molecule has 2 nitrogen and oxygen atoms in total. The largest absolute Gasteiger partial charge is 0.285 e. The van der Waals surface area contributed by atoms with Crippen LogP contribution >= 0.6 is 0 Å². The third-order valence-corrected chi connectivity index (χ3v) is 2.22. The van der Waals surface area contributed by atoms with Crippen molar-refractivity contribution in [2.45, 2.75) is 13.8 Å². The Hall–Kier alpha value is -0.310. The fourth-order valence-corrected chi connectivity index (χ4v) is 1.50. The van der Waals surface area contributed by atoms with Gasteiger partial charge in [0, 0.05) is 21.7 Å². The predicted octanol–water partition coefficient (Wildman–Crippen LogP) is 0.515. The van der Waals surface area contributed by atoms with Gasteiger partial charge in [-0.1, -0.05) is 13.8 Å². The van der Waals surface area contributed by atoms with Crippen LogP contribution in [0.15, 0.2) is 0 Å². The van der Waals surface area contributed by atoms with Gasteiger partial charge in [0.15, 0.2) is 0 Å². The Balaban J connectivity index is 4.45. The van der Waals surface area contributed by atoms with Gasteiger partial charge in [0.2, 0.25) is 5.12 Å². The van der Waals surface area contributed by atoms with Crippen molar-refractivity contribution in [1.29, 1.82) is 0 Å². The topological polar surface area (TPSA) is 34.1 Å². The first-order valence-electron chi connectivity index (χ1n) is 2.72. The second kappa shape index (κ2) is 2.52. The molecule has 54 valence electrons. The first-order valence-corrected chi connectivity index (χ1v) is 4.85. The zero-order valence-corrected chi connectivity index (χ0v) is 6.83. The van der Waals surface area contributed by atoms with Crippen LogP contribution in [0.5, 0.6) is 0 Å². The van der Waals surface area contributed by atoms with Crippen LogP contribution in [-0.4, -0.2) is 21.5 Å². The van der Waals surface area contributed by atoms with Crippen LogP contribution in [-0.2, 0) is 14.3 Å². The second-order valence-electron chi connectivity index (χ2n) is 2.48. The fraction of sp³-hybridized carbons (Fsp3) is 0.667. The van der Waals surface area contributed by atoms with Crippen molar-refractivity contribution in [3.63, 3.8) is 0 Å². The van der Waals surface area contributed by atoms with Gasteiger partial charge < -0.3 is 0 Å². The molecule has 0 bridgehead atoms. The molecule has 0 amide bonds. The van der Waals surface area contributed by atoms with E-state index >= 15 is 0 Å². The molecular weight excluding hydrogens is 136 g/mol. The zero-order valence-electron chi connectivity index (χ0n) is 6.01. The van der Waals surface area contributed by atoms with Crippen LogP contribution in [0.3, 0.4) is 0 Å². The summed E-state index contributed by atoms with van der Waals surface area (Å²) in [5.74, 6) is 3.10. The van der Waals surface area contributed by atoms with Crippen molar-refractivity contribution in [2.24, 2.45) is 5.92 Å². The fourth-order valence-electron chi connectivity index (χ4n) is 0.499. The molecule has 1 unspecified atom stereocenters. The summed E-state index contributed by atoms with van der Waals surface area (Å²) in [5.41, 5.74) is 0. The van der Waals surface area contributed by atoms with E-state index in [9.17, 15) is 9.00 Å². The highest BCUT2D eigenvalue weighted by molar-refractivity contribution is 8.13. The summed E-state index contributed by atoms with van der Waals surface area (Å²) in [6.07, 6.45) is 1.37. The van der Waals surface area contributed by atoms with Crippen LogP contribution in [0.4, 0.5) is 0 Å². The lowest BCUT2D eigenvalue weighted by Crippen LogP contribution is -2.17. The molecule has 0 aliphatic rings. The van der Waals surface area contributed by atoms with E-state index in [1.165, 1.54) is 6.26 Å². The van der Waals surface area contributed by atoms with Crippen LogP contribution in [0.25, 0.3) is 0 Å². The van der Waals surface area contributed by atoms with E-state index in [0.29, 0.717) is 0 Å². The Morgan fingerprint density at radius 3 is 1.89 bits per heavy atom. The lowest BCUT2D eigenvalue weighted by Gasteiger charge is -2.02. The lowest BCUT2D eigenvalue weighted by molar-refractivity contribution is -0.113. The SMILES string of the molecule is C=S(C)(=O)C(=O)C(C)C. The van der Waals surface area contributed by atoms with E-state index in [4.69, 9.17) is 0 Å². The van der Waals surface area contributed by atoms with E-state index < -0.39 is 9.52 Å². The van der Waals surface area contributed by atoms with Crippen LogP contribution < -0.4 is 0 Å². The van der Waals surface area contributed by atoms with Crippen molar-refractivity contribution >= 4 is 20.5 Å². The minimum atomic E-state index is -2.44. The molecule has 0 heterocycles. The summed E-state index contributed by atoms with van der Waals surface area (Å²) in [4.78, 5) is 10.8. The minimum Gasteiger partial charge on any atom is -0.285 e. The van der Waals surface area contributed by atoms with Gasteiger partial charge in [-0.05, 0) is 5.87 Å². The predicted molar refractivity (Wildman–Crippen MR) is 41.0 cm³/mol. The maximum absolute atomic E-state index is 10.9. The maximum atomic E-state index is 10.9. The van der Waals surface area contributed by atoms with Crippen molar-refractivity contribution < 1.29 is 9.00 Å². The zero-order chi connectivity index (χ0) is 7.65. The second-order valence-corrected chi connectivity index (χ2v) is 4.89. The number of carbonyl (C=O) groups excluding carboxylic acids is 1. The highest BCUT2D eigenvalue weighted by Gasteiger charge is 2.12. The molecule has 0 aliphatic carbocycles. The summed E-state index contributed by atoms with van der Waals surface area (Å²) in [6.45, 7) is 3.44. The molecule has 1 atom stereocenters. The van der Waals surface area contributed by atoms with Crippen molar-refractivity contribution in [2.75, 3.05) is 6.26 Å². The molecule has 0 aliphatic heterocycles. The van der Waals surface area contributed by atoms with Gasteiger partial charge in [0.25, 0.3) is 0 Å². The Morgan fingerprint density at radius 1 is 1.56 bits per heavy atom. The van der Waals surface area contributed by atoms with Crippen molar-refractivity contribution in [3.05, 3.63) is 0 Å². The van der Waals surface area contributed by atoms with Gasteiger partial charge in [-0.25, -0.2) is 0 Å². The van der Waals surface area contributed by atoms with Gasteiger partial charge in [-0.3, -0.25) is 9.00 Å². The van der Waals surface area contributed by atoms with Gasteiger partial charge >= 0.3 is 0 Å². The average molecular weight is 148 g/mol. The van der Waals surface area contributed by atoms with Gasteiger partial charge in [-0.15, -0.1) is 0 Å². The van der Waals surface area contributed by atoms with Gasteiger partial charge in [0.05, 0.1) is 0 Å². The van der Waals surface area contributed by atoms with E-state index in [0.717, 1.165) is 0 Å². The summed E-state index contributed by atoms with van der Waals surface area (Å²) in [7, 11) is -2.44. The Morgan fingerprint density at radius 2 is 1.89 bits per heavy atom. The van der Waals surface area contributed by atoms with Gasteiger partial charge in [0.1, 0.15) is 0 Å². The quantitative estimate of drug-likeness (QED) is 0.508. The first kappa shape index (κ1) is 8.69. The number of hydrogen-bond acceptors (Lipinski definition) is 2. The normalized spacial score (nSPS) is 17.3. The highest BCUT2D eigenvalue weighted by Crippen LogP contribution is 1.99. The molecule has 0 aromatic heterocycles. The highest BCUT2D eigenvalue weighted by atomic mass is 32.2. The summed E-state index contributed by atoms with van der Waals surface area (Å²) in [6, 6.07) is 0. The van der Waals surface area contributed by atoms with E-state index in [1.807, 2.05) is 0 Å². The summed E-state index contributed by atoms with van der Waals surface area (Å²) < 4.78 is 10.9. The molecule has 0 radical (unpaired) electrons. The van der Waals surface area contributed by atoms with Crippen LogP contribution in [0.2, 0.25) is 0 Å². The van der Waals surface area contributed by atoms with Crippen molar-refractivity contribution in [1.82, 2.24) is 0 Å². The molecule has 0 saturated heterocycles. The Bertz CT molecular complexity index is 199. The molecular formula is C6H12O2S. The number of hydrogen-bond donors (Lipinski definition) is 0. The Labute approximate surface area is 56.3 Å². The molecule has 0 saturated carbocycles. The van der Waals surface area contributed by atoms with Gasteiger partial charge in [-0.2, -0.15) is 0 Å². The van der Waals surface area contributed by atoms with E-state index in [-0.39, 0.29) is 11.0 Å². The monoisotopic (exact) mass is 148 g/mol. The summed E-state index contributed by atoms with van der Waals surface area (Å²) in [5, 5.41) is -0.248. The van der Waals surface area contributed by atoms with Crippen molar-refractivity contribution in [3.8, 4) is 0 Å². The third-order valence-electron chi connectivity index (χ3n) is 0.897. The summed E-state index contributed by atoms with van der Waals surface area (Å²) >= 11 is 0. The molecule has 9 heavy (non-hydrogen) atoms. The average Bonchev–Trinajstić information content (AvgIpc) is 1.62. The van der Waals surface area contributed by atoms with E-state index in [2.05, 4.69) is 5.87 Å². The third kappa shape index (κ3) is 2.65. The molecule has 0 aromatic rings. The molecule has 0 N–H and O–H groups in total. The maximum Gasteiger partial charge on any atom is 0.213 e. The molecule has 0 rings (SSSR count). The lowest BCUT2D eigenvalue weighted by atomic mass is 10.3. The van der Waals surface area contributed by atoms with Crippen LogP contribution in [0.1, 0.15) is 13.8 Å². The van der Waals surface area contributed by atoms with E-state index in [1.54, 1.807) is 13.8 Å². The number of carbonyl (C=O) groups is 1. The number of rotatable bonds is 1. The molecule has 0 spiro atoms. The van der Waals surface area contributed by atoms with Crippen LogP contribution in [0, 0.1) is 5.92 Å². The molecule has 0 aromatic carbocycles. The molecule has 0 fully saturated rings. The standard InChI is InChI=1S/C6H12O2S/c1-5(2)6(7)9(3,4)8/h5H,3H2,1-2,4H3. The Kier molecular flexibility index (Phi) is 2.43. The molecule has 3 heteroatoms.